The summed E-state index contributed by atoms with van der Waals surface area (Å²) in [5.74, 6) is 0.261. The molecule has 1 atom stereocenters. The maximum Gasteiger partial charge on any atom is 0.157 e. The smallest absolute Gasteiger partial charge is 0.157 e. The van der Waals surface area contributed by atoms with Crippen molar-refractivity contribution >= 4 is 5.78 Å². The van der Waals surface area contributed by atoms with E-state index in [0.29, 0.717) is 12.5 Å². The van der Waals surface area contributed by atoms with Crippen LogP contribution in [0.5, 0.6) is 0 Å². The van der Waals surface area contributed by atoms with Crippen LogP contribution in [0.4, 0.5) is 0 Å². The number of allylic oxidation sites excluding steroid dienone is 2. The first kappa shape index (κ1) is 10.6. The van der Waals surface area contributed by atoms with Crippen molar-refractivity contribution in [3.63, 3.8) is 0 Å². The number of hydrogen-bond acceptors (Lipinski definition) is 2. The number of ketones is 1. The average molecular weight is 227 g/mol. The maximum atomic E-state index is 11.2. The van der Waals surface area contributed by atoms with Crippen LogP contribution in [0.3, 0.4) is 0 Å². The normalized spacial score (nSPS) is 23.2. The molecule has 3 rings (SSSR count). The summed E-state index contributed by atoms with van der Waals surface area (Å²) in [5.41, 5.74) is 4.00. The van der Waals surface area contributed by atoms with E-state index in [0.717, 1.165) is 12.1 Å². The fraction of sp³-hybridized carbons (Fsp3) is 0.400. The molecular weight excluding hydrogens is 210 g/mol. The maximum absolute atomic E-state index is 11.2. The molecule has 0 heterocycles. The van der Waals surface area contributed by atoms with Crippen molar-refractivity contribution in [2.75, 3.05) is 0 Å². The summed E-state index contributed by atoms with van der Waals surface area (Å²) in [6.45, 7) is 0. The van der Waals surface area contributed by atoms with E-state index in [9.17, 15) is 4.79 Å². The van der Waals surface area contributed by atoms with Crippen molar-refractivity contribution in [2.45, 2.75) is 38.1 Å². The van der Waals surface area contributed by atoms with Gasteiger partial charge in [0.2, 0.25) is 0 Å². The molecule has 0 aliphatic heterocycles. The van der Waals surface area contributed by atoms with Gasteiger partial charge in [0, 0.05) is 18.2 Å². The van der Waals surface area contributed by atoms with Gasteiger partial charge in [0.25, 0.3) is 0 Å². The Bertz CT molecular complexity index is 476. The second-order valence-corrected chi connectivity index (χ2v) is 4.92. The van der Waals surface area contributed by atoms with E-state index in [1.165, 1.54) is 30.4 Å². The zero-order chi connectivity index (χ0) is 11.7. The molecule has 0 saturated heterocycles. The quantitative estimate of drug-likeness (QED) is 0.841. The fourth-order valence-corrected chi connectivity index (χ4v) is 2.84. The zero-order valence-corrected chi connectivity index (χ0v) is 9.91. The molecule has 0 bridgehead atoms. The Morgan fingerprint density at radius 1 is 1.12 bits per heavy atom. The number of aryl methyl sites for hydroxylation is 1. The molecule has 2 aliphatic rings. The van der Waals surface area contributed by atoms with Crippen LogP contribution in [-0.4, -0.2) is 5.78 Å². The Balaban J connectivity index is 1.81. The van der Waals surface area contributed by atoms with E-state index >= 15 is 0 Å². The van der Waals surface area contributed by atoms with E-state index in [-0.39, 0.29) is 5.78 Å². The van der Waals surface area contributed by atoms with Crippen LogP contribution in [-0.2, 0) is 11.2 Å². The van der Waals surface area contributed by atoms with E-state index < -0.39 is 0 Å². The fourth-order valence-electron chi connectivity index (χ4n) is 2.84. The molecule has 0 fully saturated rings. The molecule has 0 amide bonds. The minimum Gasteiger partial charge on any atom is -0.381 e. The lowest BCUT2D eigenvalue weighted by Gasteiger charge is -2.27. The Kier molecular flexibility index (Phi) is 2.71. The first-order valence-corrected chi connectivity index (χ1v) is 6.41. The van der Waals surface area contributed by atoms with E-state index in [1.807, 2.05) is 0 Å². The Morgan fingerprint density at radius 2 is 2.00 bits per heavy atom. The van der Waals surface area contributed by atoms with Crippen molar-refractivity contribution in [3.05, 3.63) is 47.2 Å². The highest BCUT2D eigenvalue weighted by atomic mass is 16.1. The number of benzene rings is 1. The molecule has 1 N–H and O–H groups in total. The van der Waals surface area contributed by atoms with Gasteiger partial charge in [-0.2, -0.15) is 0 Å². The topological polar surface area (TPSA) is 29.1 Å². The summed E-state index contributed by atoms with van der Waals surface area (Å²) >= 11 is 0. The van der Waals surface area contributed by atoms with Gasteiger partial charge in [0.15, 0.2) is 5.78 Å². The van der Waals surface area contributed by atoms with Gasteiger partial charge in [-0.3, -0.25) is 4.79 Å². The van der Waals surface area contributed by atoms with Crippen LogP contribution in [0, 0.1) is 0 Å². The van der Waals surface area contributed by atoms with Gasteiger partial charge in [-0.1, -0.05) is 24.3 Å². The van der Waals surface area contributed by atoms with Gasteiger partial charge in [-0.15, -0.1) is 0 Å². The summed E-state index contributed by atoms with van der Waals surface area (Å²) in [5, 5.41) is 3.54. The van der Waals surface area contributed by atoms with Gasteiger partial charge in [-0.25, -0.2) is 0 Å². The average Bonchev–Trinajstić information content (AvgIpc) is 2.75. The van der Waals surface area contributed by atoms with Crippen molar-refractivity contribution in [1.29, 1.82) is 0 Å². The number of fused-ring (bicyclic) bond motifs is 1. The highest BCUT2D eigenvalue weighted by Gasteiger charge is 2.21. The number of carbonyl (C=O) groups excluding carboxylic acids is 1. The molecule has 88 valence electrons. The molecular formula is C15H17NO. The second kappa shape index (κ2) is 4.36. The van der Waals surface area contributed by atoms with Gasteiger partial charge in [0.1, 0.15) is 0 Å². The lowest BCUT2D eigenvalue weighted by molar-refractivity contribution is -0.114. The minimum absolute atomic E-state index is 0.261. The van der Waals surface area contributed by atoms with Gasteiger partial charge in [0.05, 0.1) is 6.04 Å². The predicted octanol–water partition coefficient (Wildman–Crippen LogP) is 2.90. The second-order valence-electron chi connectivity index (χ2n) is 4.92. The molecule has 2 aliphatic carbocycles. The zero-order valence-electron chi connectivity index (χ0n) is 9.91. The van der Waals surface area contributed by atoms with Crippen molar-refractivity contribution in [3.8, 4) is 0 Å². The van der Waals surface area contributed by atoms with Crippen LogP contribution in [0.25, 0.3) is 0 Å². The van der Waals surface area contributed by atoms with Crippen LogP contribution in [0.1, 0.15) is 42.9 Å². The predicted molar refractivity (Wildman–Crippen MR) is 67.6 cm³/mol. The van der Waals surface area contributed by atoms with E-state index in [2.05, 4.69) is 29.6 Å². The third kappa shape index (κ3) is 2.12. The molecule has 0 spiro atoms. The van der Waals surface area contributed by atoms with Gasteiger partial charge < -0.3 is 5.32 Å². The third-order valence-electron chi connectivity index (χ3n) is 3.71. The lowest BCUT2D eigenvalue weighted by Crippen LogP contribution is -2.24. The number of carbonyl (C=O) groups is 1. The van der Waals surface area contributed by atoms with E-state index in [4.69, 9.17) is 0 Å². The summed E-state index contributed by atoms with van der Waals surface area (Å²) in [6.07, 6.45) is 6.93. The van der Waals surface area contributed by atoms with Gasteiger partial charge >= 0.3 is 0 Å². The van der Waals surface area contributed by atoms with Crippen molar-refractivity contribution in [1.82, 2.24) is 5.32 Å². The summed E-state index contributed by atoms with van der Waals surface area (Å²) in [6, 6.07) is 9.05. The van der Waals surface area contributed by atoms with Crippen molar-refractivity contribution in [2.24, 2.45) is 0 Å². The van der Waals surface area contributed by atoms with E-state index in [1.54, 1.807) is 6.08 Å². The standard InChI is InChI=1S/C15H17NO/c17-13-9-8-12(10-13)16-15-7-3-5-11-4-1-2-6-14(11)15/h1-2,4,6,10,15-16H,3,5,7-9H2. The first-order chi connectivity index (χ1) is 8.33. The number of nitrogens with one attached hydrogen (secondary N) is 1. The highest BCUT2D eigenvalue weighted by molar-refractivity contribution is 5.92. The Labute approximate surface area is 102 Å². The van der Waals surface area contributed by atoms with Crippen molar-refractivity contribution < 1.29 is 4.79 Å². The summed E-state index contributed by atoms with van der Waals surface area (Å²) in [4.78, 5) is 11.2. The largest absolute Gasteiger partial charge is 0.381 e. The molecule has 2 heteroatoms. The Hall–Kier alpha value is -1.57. The molecule has 1 aromatic carbocycles. The Morgan fingerprint density at radius 3 is 2.82 bits per heavy atom. The van der Waals surface area contributed by atoms with Crippen LogP contribution < -0.4 is 5.32 Å². The molecule has 0 saturated carbocycles. The van der Waals surface area contributed by atoms with Gasteiger partial charge in [-0.05, 0) is 36.8 Å². The first-order valence-electron chi connectivity index (χ1n) is 6.41. The highest BCUT2D eigenvalue weighted by Crippen LogP contribution is 2.31. The minimum atomic E-state index is 0.261. The molecule has 0 aromatic heterocycles. The number of rotatable bonds is 2. The monoisotopic (exact) mass is 227 g/mol. The summed E-state index contributed by atoms with van der Waals surface area (Å²) < 4.78 is 0. The molecule has 17 heavy (non-hydrogen) atoms. The number of hydrogen-bond donors (Lipinski definition) is 1. The van der Waals surface area contributed by atoms with Crippen LogP contribution >= 0.6 is 0 Å². The molecule has 1 unspecified atom stereocenters. The van der Waals surface area contributed by atoms with Crippen LogP contribution in [0.2, 0.25) is 0 Å². The van der Waals surface area contributed by atoms with Crippen LogP contribution in [0.15, 0.2) is 36.0 Å². The molecule has 1 aromatic rings. The molecule has 2 nitrogen and oxygen atoms in total. The molecule has 0 radical (unpaired) electrons. The summed E-state index contributed by atoms with van der Waals surface area (Å²) in [7, 11) is 0. The third-order valence-corrected chi connectivity index (χ3v) is 3.71. The SMILES string of the molecule is O=C1C=C(NC2CCCc3ccccc32)CC1. The lowest BCUT2D eigenvalue weighted by atomic mass is 9.87.